The molecule has 0 radical (unpaired) electrons. The maximum Gasteiger partial charge on any atom is 0.257 e. The second-order valence-electron chi connectivity index (χ2n) is 5.24. The summed E-state index contributed by atoms with van der Waals surface area (Å²) in [6, 6.07) is 3.69. The van der Waals surface area contributed by atoms with Crippen molar-refractivity contribution < 1.29 is 4.79 Å². The van der Waals surface area contributed by atoms with Crippen LogP contribution < -0.4 is 4.90 Å². The molecule has 0 unspecified atom stereocenters. The molecule has 0 aliphatic carbocycles. The Kier molecular flexibility index (Phi) is 3.84. The molecule has 1 aromatic heterocycles. The van der Waals surface area contributed by atoms with E-state index in [1.54, 1.807) is 25.2 Å². The summed E-state index contributed by atoms with van der Waals surface area (Å²) in [5.74, 6) is 1.64. The number of aromatic nitrogens is 1. The van der Waals surface area contributed by atoms with Gasteiger partial charge < -0.3 is 9.80 Å². The number of carbonyl (C=O) groups excluding carboxylic acids is 1. The van der Waals surface area contributed by atoms with Crippen molar-refractivity contribution in [2.24, 2.45) is 5.92 Å². The van der Waals surface area contributed by atoms with Crippen LogP contribution in [0.15, 0.2) is 18.3 Å². The van der Waals surface area contributed by atoms with Crippen molar-refractivity contribution in [1.82, 2.24) is 9.88 Å². The fourth-order valence-electron chi connectivity index (χ4n) is 2.28. The third kappa shape index (κ3) is 2.63. The van der Waals surface area contributed by atoms with E-state index in [9.17, 15) is 4.79 Å². The van der Waals surface area contributed by atoms with E-state index >= 15 is 0 Å². The zero-order valence-electron chi connectivity index (χ0n) is 11.4. The smallest absolute Gasteiger partial charge is 0.257 e. The van der Waals surface area contributed by atoms with Crippen LogP contribution in [0.25, 0.3) is 0 Å². The van der Waals surface area contributed by atoms with E-state index in [0.717, 1.165) is 24.8 Å². The number of amides is 1. The third-order valence-corrected chi connectivity index (χ3v) is 3.51. The second-order valence-corrected chi connectivity index (χ2v) is 5.24. The molecule has 0 atom stereocenters. The Hall–Kier alpha value is -1.58. The van der Waals surface area contributed by atoms with Gasteiger partial charge in [0, 0.05) is 33.4 Å². The predicted octanol–water partition coefficient (Wildman–Crippen LogP) is 2.02. The van der Waals surface area contributed by atoms with E-state index in [4.69, 9.17) is 0 Å². The largest absolute Gasteiger partial charge is 0.356 e. The van der Waals surface area contributed by atoms with E-state index in [2.05, 4.69) is 16.8 Å². The summed E-state index contributed by atoms with van der Waals surface area (Å²) >= 11 is 0. The second kappa shape index (κ2) is 5.38. The van der Waals surface area contributed by atoms with Gasteiger partial charge in [0.05, 0.1) is 5.56 Å². The molecule has 2 rings (SSSR count). The maximum absolute atomic E-state index is 12.1. The number of nitrogens with zero attached hydrogens (tertiary/aromatic N) is 3. The Bertz CT molecular complexity index is 423. The van der Waals surface area contributed by atoms with Crippen molar-refractivity contribution in [3.05, 3.63) is 23.9 Å². The van der Waals surface area contributed by atoms with Crippen LogP contribution in [-0.2, 0) is 0 Å². The van der Waals surface area contributed by atoms with Crippen molar-refractivity contribution >= 4 is 11.7 Å². The molecule has 1 aliphatic rings. The molecule has 1 aromatic rings. The normalized spacial score (nSPS) is 16.7. The first kappa shape index (κ1) is 12.9. The zero-order valence-corrected chi connectivity index (χ0v) is 11.4. The Morgan fingerprint density at radius 3 is 2.67 bits per heavy atom. The minimum absolute atomic E-state index is 0.0247. The quantitative estimate of drug-likeness (QED) is 0.802. The summed E-state index contributed by atoms with van der Waals surface area (Å²) in [7, 11) is 3.55. The Balaban J connectivity index is 2.25. The number of carbonyl (C=O) groups is 1. The van der Waals surface area contributed by atoms with Gasteiger partial charge in [-0.15, -0.1) is 0 Å². The van der Waals surface area contributed by atoms with Crippen molar-refractivity contribution in [2.45, 2.75) is 19.8 Å². The lowest BCUT2D eigenvalue weighted by Gasteiger charge is -2.32. The van der Waals surface area contributed by atoms with E-state index in [1.165, 1.54) is 12.8 Å². The minimum Gasteiger partial charge on any atom is -0.356 e. The molecule has 1 aliphatic heterocycles. The summed E-state index contributed by atoms with van der Waals surface area (Å²) < 4.78 is 0. The van der Waals surface area contributed by atoms with Gasteiger partial charge in [0.25, 0.3) is 5.91 Å². The molecule has 0 saturated carbocycles. The number of hydrogen-bond donors (Lipinski definition) is 0. The Labute approximate surface area is 109 Å². The van der Waals surface area contributed by atoms with Crippen LogP contribution in [0.4, 0.5) is 5.82 Å². The van der Waals surface area contributed by atoms with Crippen molar-refractivity contribution in [3.63, 3.8) is 0 Å². The highest BCUT2D eigenvalue weighted by Crippen LogP contribution is 2.24. The summed E-state index contributed by atoms with van der Waals surface area (Å²) in [5.41, 5.74) is 0.706. The molecule has 0 N–H and O–H groups in total. The first-order valence-corrected chi connectivity index (χ1v) is 6.51. The van der Waals surface area contributed by atoms with Crippen LogP contribution in [0, 0.1) is 5.92 Å². The summed E-state index contributed by atoms with van der Waals surface area (Å²) in [4.78, 5) is 20.4. The molecule has 1 saturated heterocycles. The molecule has 4 nitrogen and oxygen atoms in total. The predicted molar refractivity (Wildman–Crippen MR) is 72.9 cm³/mol. The highest BCUT2D eigenvalue weighted by atomic mass is 16.2. The molecule has 2 heterocycles. The summed E-state index contributed by atoms with van der Waals surface area (Å²) in [6.45, 7) is 4.26. The molecule has 1 amide bonds. The summed E-state index contributed by atoms with van der Waals surface area (Å²) in [5, 5.41) is 0. The van der Waals surface area contributed by atoms with Crippen molar-refractivity contribution in [2.75, 3.05) is 32.1 Å². The molecular formula is C14H21N3O. The lowest BCUT2D eigenvalue weighted by molar-refractivity contribution is 0.0827. The van der Waals surface area contributed by atoms with Gasteiger partial charge >= 0.3 is 0 Å². The van der Waals surface area contributed by atoms with E-state index < -0.39 is 0 Å². The number of piperidine rings is 1. The fourth-order valence-corrected chi connectivity index (χ4v) is 2.28. The van der Waals surface area contributed by atoms with Crippen LogP contribution >= 0.6 is 0 Å². The van der Waals surface area contributed by atoms with Gasteiger partial charge in [-0.3, -0.25) is 4.79 Å². The zero-order chi connectivity index (χ0) is 13.1. The number of rotatable bonds is 2. The lowest BCUT2D eigenvalue weighted by atomic mass is 9.99. The highest BCUT2D eigenvalue weighted by Gasteiger charge is 2.22. The van der Waals surface area contributed by atoms with Crippen LogP contribution in [0.3, 0.4) is 0 Å². The SMILES string of the molecule is CC1CCN(c2ncccc2C(=O)N(C)C)CC1. The third-order valence-electron chi connectivity index (χ3n) is 3.51. The van der Waals surface area contributed by atoms with Gasteiger partial charge in [-0.25, -0.2) is 4.98 Å². The standard InChI is InChI=1S/C14H21N3O/c1-11-6-9-17(10-7-11)13-12(5-4-8-15-13)14(18)16(2)3/h4-5,8,11H,6-7,9-10H2,1-3H3. The Morgan fingerprint density at radius 1 is 1.39 bits per heavy atom. The van der Waals surface area contributed by atoms with Crippen LogP contribution in [0.2, 0.25) is 0 Å². The first-order valence-electron chi connectivity index (χ1n) is 6.51. The monoisotopic (exact) mass is 247 g/mol. The van der Waals surface area contributed by atoms with Crippen LogP contribution in [0.5, 0.6) is 0 Å². The number of pyridine rings is 1. The van der Waals surface area contributed by atoms with Crippen molar-refractivity contribution in [1.29, 1.82) is 0 Å². The molecule has 0 aromatic carbocycles. The highest BCUT2D eigenvalue weighted by molar-refractivity contribution is 5.98. The molecule has 0 spiro atoms. The van der Waals surface area contributed by atoms with Gasteiger partial charge in [0.2, 0.25) is 0 Å². The topological polar surface area (TPSA) is 36.4 Å². The van der Waals surface area contributed by atoms with Gasteiger partial charge in [-0.2, -0.15) is 0 Å². The molecule has 18 heavy (non-hydrogen) atoms. The van der Waals surface area contributed by atoms with E-state index in [-0.39, 0.29) is 5.91 Å². The van der Waals surface area contributed by atoms with Gasteiger partial charge in [0.1, 0.15) is 5.82 Å². The average molecular weight is 247 g/mol. The lowest BCUT2D eigenvalue weighted by Crippen LogP contribution is -2.35. The minimum atomic E-state index is 0.0247. The Morgan fingerprint density at radius 2 is 2.06 bits per heavy atom. The van der Waals surface area contributed by atoms with E-state index in [0.29, 0.717) is 5.56 Å². The summed E-state index contributed by atoms with van der Waals surface area (Å²) in [6.07, 6.45) is 4.11. The molecule has 4 heteroatoms. The molecule has 1 fully saturated rings. The number of hydrogen-bond acceptors (Lipinski definition) is 3. The fraction of sp³-hybridized carbons (Fsp3) is 0.571. The van der Waals surface area contributed by atoms with Crippen LogP contribution in [0.1, 0.15) is 30.1 Å². The van der Waals surface area contributed by atoms with Crippen molar-refractivity contribution in [3.8, 4) is 0 Å². The van der Waals surface area contributed by atoms with Gasteiger partial charge in [-0.1, -0.05) is 6.92 Å². The van der Waals surface area contributed by atoms with Gasteiger partial charge in [-0.05, 0) is 30.9 Å². The van der Waals surface area contributed by atoms with Gasteiger partial charge in [0.15, 0.2) is 0 Å². The van der Waals surface area contributed by atoms with E-state index in [1.807, 2.05) is 12.1 Å². The molecular weight excluding hydrogens is 226 g/mol. The maximum atomic E-state index is 12.1. The van der Waals surface area contributed by atoms with Crippen LogP contribution in [-0.4, -0.2) is 43.0 Å². The number of anilines is 1. The average Bonchev–Trinajstić information content (AvgIpc) is 2.39. The molecule has 0 bridgehead atoms. The first-order chi connectivity index (χ1) is 8.59. The molecule has 98 valence electrons.